The highest BCUT2D eigenvalue weighted by atomic mass is 16.5. The molecule has 0 bridgehead atoms. The topological polar surface area (TPSA) is 63.2 Å². The fourth-order valence-corrected chi connectivity index (χ4v) is 3.66. The second-order valence-corrected chi connectivity index (χ2v) is 7.28. The molecule has 4 rings (SSSR count). The highest BCUT2D eigenvalue weighted by Crippen LogP contribution is 2.39. The average Bonchev–Trinajstić information content (AvgIpc) is 3.12. The maximum Gasteiger partial charge on any atom is 0.232 e. The molecule has 1 aliphatic heterocycles. The van der Waals surface area contributed by atoms with Crippen molar-refractivity contribution < 1.29 is 28.5 Å². The smallest absolute Gasteiger partial charge is 0.232 e. The number of benzene rings is 3. The number of carbonyl (C=O) groups is 1. The second kappa shape index (κ2) is 9.06. The van der Waals surface area contributed by atoms with Crippen LogP contribution in [0.5, 0.6) is 28.7 Å². The van der Waals surface area contributed by atoms with E-state index in [1.165, 1.54) is 0 Å². The molecule has 0 amide bonds. The molecule has 1 heterocycles. The van der Waals surface area contributed by atoms with Gasteiger partial charge in [0.25, 0.3) is 0 Å². The van der Waals surface area contributed by atoms with Gasteiger partial charge in [-0.05, 0) is 48.4 Å². The van der Waals surface area contributed by atoms with Gasteiger partial charge in [0.05, 0.1) is 26.9 Å². The van der Waals surface area contributed by atoms with Crippen molar-refractivity contribution >= 4 is 11.9 Å². The molecule has 0 unspecified atom stereocenters. The molecule has 32 heavy (non-hydrogen) atoms. The van der Waals surface area contributed by atoms with E-state index in [4.69, 9.17) is 23.7 Å². The maximum absolute atomic E-state index is 13.0. The predicted molar refractivity (Wildman–Crippen MR) is 121 cm³/mol. The summed E-state index contributed by atoms with van der Waals surface area (Å²) < 4.78 is 27.9. The molecule has 6 nitrogen and oxygen atoms in total. The Kier molecular flexibility index (Phi) is 6.03. The van der Waals surface area contributed by atoms with Crippen molar-refractivity contribution in [2.24, 2.45) is 0 Å². The molecule has 0 aromatic heterocycles. The molecule has 164 valence electrons. The number of aryl methyl sites for hydroxylation is 1. The zero-order valence-electron chi connectivity index (χ0n) is 18.4. The number of allylic oxidation sites excluding steroid dienone is 1. The van der Waals surface area contributed by atoms with Crippen molar-refractivity contribution in [1.29, 1.82) is 0 Å². The van der Waals surface area contributed by atoms with Crippen molar-refractivity contribution in [2.75, 3.05) is 21.3 Å². The maximum atomic E-state index is 13.0. The number of fused-ring (bicyclic) bond motifs is 1. The first-order valence-electron chi connectivity index (χ1n) is 10.1. The Morgan fingerprint density at radius 3 is 2.47 bits per heavy atom. The largest absolute Gasteiger partial charge is 0.497 e. The van der Waals surface area contributed by atoms with Crippen LogP contribution in [-0.2, 0) is 6.61 Å². The minimum atomic E-state index is -0.179. The summed E-state index contributed by atoms with van der Waals surface area (Å²) in [6.07, 6.45) is 1.67. The lowest BCUT2D eigenvalue weighted by Crippen LogP contribution is -2.01. The molecule has 0 fully saturated rings. The van der Waals surface area contributed by atoms with Gasteiger partial charge in [0.1, 0.15) is 23.9 Å². The second-order valence-electron chi connectivity index (χ2n) is 7.28. The normalized spacial score (nSPS) is 13.5. The van der Waals surface area contributed by atoms with Crippen LogP contribution < -0.4 is 23.7 Å². The average molecular weight is 432 g/mol. The third-order valence-corrected chi connectivity index (χ3v) is 5.20. The van der Waals surface area contributed by atoms with Gasteiger partial charge in [-0.2, -0.15) is 0 Å². The Bertz CT molecular complexity index is 1190. The van der Waals surface area contributed by atoms with Gasteiger partial charge >= 0.3 is 0 Å². The summed E-state index contributed by atoms with van der Waals surface area (Å²) in [5.74, 6) is 3.03. The van der Waals surface area contributed by atoms with Crippen LogP contribution in [0, 0.1) is 6.92 Å². The number of Topliss-reactive ketones (excluding diaryl/α,β-unsaturated/α-hetero) is 1. The zero-order chi connectivity index (χ0) is 22.7. The quantitative estimate of drug-likeness (QED) is 0.477. The Balaban J connectivity index is 1.59. The van der Waals surface area contributed by atoms with Crippen LogP contribution in [-0.4, -0.2) is 27.1 Å². The van der Waals surface area contributed by atoms with Gasteiger partial charge in [0.2, 0.25) is 5.78 Å². The van der Waals surface area contributed by atoms with Crippen molar-refractivity contribution in [3.8, 4) is 28.7 Å². The molecule has 3 aromatic rings. The van der Waals surface area contributed by atoms with Crippen LogP contribution in [0.2, 0.25) is 0 Å². The van der Waals surface area contributed by atoms with E-state index in [2.05, 4.69) is 0 Å². The number of para-hydroxylation sites is 1. The zero-order valence-corrected chi connectivity index (χ0v) is 18.4. The Hall–Kier alpha value is -3.93. The summed E-state index contributed by atoms with van der Waals surface area (Å²) in [7, 11) is 4.75. The summed E-state index contributed by atoms with van der Waals surface area (Å²) in [5, 5.41) is 0. The molecule has 3 aromatic carbocycles. The lowest BCUT2D eigenvalue weighted by atomic mass is 10.0. The SMILES string of the molecule is COc1cccc(COc2cc(C)c3c(c2)O/C(=C\c2cccc(OC)c2OC)C3=O)c1. The van der Waals surface area contributed by atoms with Gasteiger partial charge < -0.3 is 23.7 Å². The van der Waals surface area contributed by atoms with E-state index in [9.17, 15) is 4.79 Å². The first-order chi connectivity index (χ1) is 15.5. The standard InChI is InChI=1S/C26H24O6/c1-16-11-20(31-15-17-7-5-9-19(12-17)28-2)14-22-24(16)25(27)23(32-22)13-18-8-6-10-21(29-3)26(18)30-4/h5-14H,15H2,1-4H3/b23-13-. The molecule has 1 aliphatic rings. The molecule has 0 spiro atoms. The summed E-state index contributed by atoms with van der Waals surface area (Å²) in [6, 6.07) is 16.7. The van der Waals surface area contributed by atoms with Gasteiger partial charge in [-0.1, -0.05) is 24.3 Å². The number of ether oxygens (including phenoxy) is 5. The van der Waals surface area contributed by atoms with Gasteiger partial charge in [0.15, 0.2) is 17.3 Å². The Morgan fingerprint density at radius 2 is 1.72 bits per heavy atom. The van der Waals surface area contributed by atoms with E-state index in [0.717, 1.165) is 16.9 Å². The molecule has 0 saturated carbocycles. The number of rotatable bonds is 7. The fraction of sp³-hybridized carbons (Fsp3) is 0.192. The monoisotopic (exact) mass is 432 g/mol. The van der Waals surface area contributed by atoms with E-state index in [0.29, 0.717) is 40.7 Å². The minimum absolute atomic E-state index is 0.179. The molecule has 0 atom stereocenters. The lowest BCUT2D eigenvalue weighted by molar-refractivity contribution is 0.101. The van der Waals surface area contributed by atoms with Crippen LogP contribution in [0.4, 0.5) is 0 Å². The van der Waals surface area contributed by atoms with Crippen molar-refractivity contribution in [1.82, 2.24) is 0 Å². The molecule has 0 aliphatic carbocycles. The van der Waals surface area contributed by atoms with Gasteiger partial charge in [-0.3, -0.25) is 4.79 Å². The summed E-state index contributed by atoms with van der Waals surface area (Å²) in [4.78, 5) is 13.0. The van der Waals surface area contributed by atoms with E-state index < -0.39 is 0 Å². The third kappa shape index (κ3) is 4.12. The van der Waals surface area contributed by atoms with E-state index >= 15 is 0 Å². The molecule has 0 saturated heterocycles. The van der Waals surface area contributed by atoms with Crippen LogP contribution in [0.1, 0.15) is 27.0 Å². The summed E-state index contributed by atoms with van der Waals surface area (Å²) >= 11 is 0. The number of hydrogen-bond acceptors (Lipinski definition) is 6. The number of carbonyl (C=O) groups excluding carboxylic acids is 1. The van der Waals surface area contributed by atoms with Gasteiger partial charge in [-0.25, -0.2) is 0 Å². The van der Waals surface area contributed by atoms with Gasteiger partial charge in [0, 0.05) is 11.6 Å². The van der Waals surface area contributed by atoms with Crippen molar-refractivity contribution in [3.63, 3.8) is 0 Å². The van der Waals surface area contributed by atoms with Crippen molar-refractivity contribution in [3.05, 3.63) is 82.6 Å². The highest BCUT2D eigenvalue weighted by molar-refractivity contribution is 6.15. The van der Waals surface area contributed by atoms with Crippen LogP contribution in [0.3, 0.4) is 0 Å². The predicted octanol–water partition coefficient (Wildman–Crippen LogP) is 5.22. The Labute approximate surface area is 186 Å². The fourth-order valence-electron chi connectivity index (χ4n) is 3.66. The van der Waals surface area contributed by atoms with Crippen LogP contribution in [0.25, 0.3) is 6.08 Å². The van der Waals surface area contributed by atoms with E-state index in [1.54, 1.807) is 39.5 Å². The third-order valence-electron chi connectivity index (χ3n) is 5.20. The number of methoxy groups -OCH3 is 3. The first-order valence-corrected chi connectivity index (χ1v) is 10.1. The lowest BCUT2D eigenvalue weighted by Gasteiger charge is -2.10. The number of ketones is 1. The number of hydrogen-bond donors (Lipinski definition) is 0. The summed E-state index contributed by atoms with van der Waals surface area (Å²) in [5.41, 5.74) is 2.99. The molecule has 6 heteroatoms. The summed E-state index contributed by atoms with van der Waals surface area (Å²) in [6.45, 7) is 2.24. The minimum Gasteiger partial charge on any atom is -0.497 e. The van der Waals surface area contributed by atoms with E-state index in [-0.39, 0.29) is 11.5 Å². The van der Waals surface area contributed by atoms with Crippen LogP contribution in [0.15, 0.2) is 60.4 Å². The van der Waals surface area contributed by atoms with Crippen LogP contribution >= 0.6 is 0 Å². The molecule has 0 radical (unpaired) electrons. The highest BCUT2D eigenvalue weighted by Gasteiger charge is 2.30. The first kappa shape index (κ1) is 21.3. The van der Waals surface area contributed by atoms with Gasteiger partial charge in [-0.15, -0.1) is 0 Å². The van der Waals surface area contributed by atoms with E-state index in [1.807, 2.05) is 49.4 Å². The molecular formula is C26H24O6. The molecule has 0 N–H and O–H groups in total. The Morgan fingerprint density at radius 1 is 0.906 bits per heavy atom. The molecular weight excluding hydrogens is 408 g/mol. The van der Waals surface area contributed by atoms with Crippen molar-refractivity contribution in [2.45, 2.75) is 13.5 Å².